The van der Waals surface area contributed by atoms with E-state index in [2.05, 4.69) is 15.1 Å². The fraction of sp³-hybridized carbons (Fsp3) is 0.312. The van der Waals surface area contributed by atoms with Crippen molar-refractivity contribution < 1.29 is 4.74 Å². The topological polar surface area (TPSA) is 72.8 Å². The van der Waals surface area contributed by atoms with Gasteiger partial charge < -0.3 is 9.72 Å². The minimum atomic E-state index is -0.0637. The zero-order chi connectivity index (χ0) is 14.9. The first-order chi connectivity index (χ1) is 10.8. The van der Waals surface area contributed by atoms with Crippen LogP contribution in [0.15, 0.2) is 41.6 Å². The average molecular weight is 296 g/mol. The van der Waals surface area contributed by atoms with Crippen LogP contribution in [0.25, 0.3) is 22.3 Å². The van der Waals surface area contributed by atoms with Gasteiger partial charge in [0, 0.05) is 36.7 Å². The van der Waals surface area contributed by atoms with Crippen LogP contribution in [0.4, 0.5) is 0 Å². The number of nitrogens with one attached hydrogen (secondary N) is 1. The molecule has 0 aliphatic carbocycles. The predicted octanol–water partition coefficient (Wildman–Crippen LogP) is 2.49. The van der Waals surface area contributed by atoms with Crippen LogP contribution in [-0.2, 0) is 4.74 Å². The van der Waals surface area contributed by atoms with Crippen molar-refractivity contribution in [3.63, 3.8) is 0 Å². The van der Waals surface area contributed by atoms with Crippen molar-refractivity contribution in [1.82, 2.24) is 19.7 Å². The number of hydrogen-bond acceptors (Lipinski definition) is 4. The number of nitrogens with zero attached hydrogens (tertiary/aromatic N) is 3. The van der Waals surface area contributed by atoms with Gasteiger partial charge in [-0.15, -0.1) is 0 Å². The second-order valence-electron chi connectivity index (χ2n) is 5.41. The monoisotopic (exact) mass is 296 g/mol. The molecule has 1 saturated heterocycles. The smallest absolute Gasteiger partial charge is 0.189 e. The van der Waals surface area contributed by atoms with Gasteiger partial charge in [-0.2, -0.15) is 5.10 Å². The van der Waals surface area contributed by atoms with Crippen molar-refractivity contribution in [1.29, 1.82) is 0 Å². The molecule has 1 N–H and O–H groups in total. The molecular weight excluding hydrogens is 280 g/mol. The fourth-order valence-corrected chi connectivity index (χ4v) is 2.95. The Kier molecular flexibility index (Phi) is 3.23. The molecule has 0 spiro atoms. The first-order valence-corrected chi connectivity index (χ1v) is 7.46. The summed E-state index contributed by atoms with van der Waals surface area (Å²) in [5.41, 5.74) is 2.30. The fourth-order valence-electron chi connectivity index (χ4n) is 2.95. The van der Waals surface area contributed by atoms with Crippen molar-refractivity contribution in [2.24, 2.45) is 0 Å². The zero-order valence-corrected chi connectivity index (χ0v) is 12.0. The number of ether oxygens (including phenoxy) is 1. The summed E-state index contributed by atoms with van der Waals surface area (Å²) in [6.45, 7) is 0.754. The highest BCUT2D eigenvalue weighted by Gasteiger charge is 2.21. The van der Waals surface area contributed by atoms with Gasteiger partial charge in [-0.25, -0.2) is 4.68 Å². The zero-order valence-electron chi connectivity index (χ0n) is 12.0. The van der Waals surface area contributed by atoms with E-state index in [1.54, 1.807) is 24.7 Å². The number of hydrogen-bond donors (Lipinski definition) is 1. The van der Waals surface area contributed by atoms with Gasteiger partial charge in [-0.05, 0) is 31.4 Å². The minimum Gasteiger partial charge on any atom is -0.359 e. The molecule has 1 fully saturated rings. The molecule has 6 nitrogen and oxygen atoms in total. The molecule has 6 heteroatoms. The highest BCUT2D eigenvalue weighted by atomic mass is 16.5. The Balaban J connectivity index is 1.88. The molecule has 1 unspecified atom stereocenters. The van der Waals surface area contributed by atoms with Crippen LogP contribution in [0.3, 0.4) is 0 Å². The van der Waals surface area contributed by atoms with Gasteiger partial charge in [-0.3, -0.25) is 9.78 Å². The third kappa shape index (κ3) is 2.12. The summed E-state index contributed by atoms with van der Waals surface area (Å²) in [4.78, 5) is 19.6. The highest BCUT2D eigenvalue weighted by Crippen LogP contribution is 2.29. The molecule has 0 aromatic carbocycles. The van der Waals surface area contributed by atoms with E-state index in [9.17, 15) is 4.79 Å². The summed E-state index contributed by atoms with van der Waals surface area (Å²) in [6.07, 6.45) is 8.15. The Hall–Kier alpha value is -2.47. The average Bonchev–Trinajstić information content (AvgIpc) is 3.05. The lowest BCUT2D eigenvalue weighted by molar-refractivity contribution is -0.0383. The van der Waals surface area contributed by atoms with E-state index in [-0.39, 0.29) is 11.7 Å². The number of pyridine rings is 2. The van der Waals surface area contributed by atoms with Crippen LogP contribution >= 0.6 is 0 Å². The molecule has 0 saturated carbocycles. The first kappa shape index (κ1) is 13.2. The Morgan fingerprint density at radius 1 is 1.23 bits per heavy atom. The third-order valence-corrected chi connectivity index (χ3v) is 4.02. The van der Waals surface area contributed by atoms with E-state index in [1.165, 1.54) is 6.07 Å². The van der Waals surface area contributed by atoms with Gasteiger partial charge in [0.15, 0.2) is 11.7 Å². The lowest BCUT2D eigenvalue weighted by atomic mass is 10.1. The highest BCUT2D eigenvalue weighted by molar-refractivity contribution is 5.89. The van der Waals surface area contributed by atoms with E-state index >= 15 is 0 Å². The van der Waals surface area contributed by atoms with E-state index in [0.717, 1.165) is 42.8 Å². The van der Waals surface area contributed by atoms with Crippen molar-refractivity contribution in [3.8, 4) is 11.4 Å². The van der Waals surface area contributed by atoms with Crippen LogP contribution in [0.5, 0.6) is 0 Å². The number of fused-ring (bicyclic) bond motifs is 1. The molecule has 22 heavy (non-hydrogen) atoms. The Bertz CT molecular complexity index is 862. The van der Waals surface area contributed by atoms with Crippen molar-refractivity contribution in [2.45, 2.75) is 25.5 Å². The molecule has 1 aliphatic rings. The summed E-state index contributed by atoms with van der Waals surface area (Å²) >= 11 is 0. The van der Waals surface area contributed by atoms with Gasteiger partial charge in [0.2, 0.25) is 0 Å². The molecule has 4 heterocycles. The number of rotatable bonds is 2. The Morgan fingerprint density at radius 3 is 3.05 bits per heavy atom. The summed E-state index contributed by atoms with van der Waals surface area (Å²) in [7, 11) is 0. The number of H-pyrrole nitrogens is 1. The van der Waals surface area contributed by atoms with Crippen LogP contribution in [0.1, 0.15) is 25.5 Å². The van der Waals surface area contributed by atoms with E-state index < -0.39 is 0 Å². The van der Waals surface area contributed by atoms with Gasteiger partial charge >= 0.3 is 0 Å². The maximum absolute atomic E-state index is 12.0. The standard InChI is InChI=1S/C16H16N4O2/c21-13-6-8-17-15-11(13)4-7-18-16(15)12-5-9-19-20(12)14-3-1-2-10-22-14/h4-9,14H,1-3,10H2,(H,17,21). The molecule has 1 atom stereocenters. The molecule has 112 valence electrons. The van der Waals surface area contributed by atoms with Crippen molar-refractivity contribution in [2.75, 3.05) is 6.61 Å². The second kappa shape index (κ2) is 5.38. The maximum atomic E-state index is 12.0. The molecule has 0 bridgehead atoms. The van der Waals surface area contributed by atoms with Gasteiger partial charge in [0.1, 0.15) is 5.69 Å². The third-order valence-electron chi connectivity index (χ3n) is 4.02. The number of aromatic nitrogens is 4. The van der Waals surface area contributed by atoms with E-state index in [0.29, 0.717) is 5.39 Å². The van der Waals surface area contributed by atoms with E-state index in [4.69, 9.17) is 4.74 Å². The van der Waals surface area contributed by atoms with Gasteiger partial charge in [0.05, 0.1) is 11.2 Å². The molecular formula is C16H16N4O2. The predicted molar refractivity (Wildman–Crippen MR) is 82.4 cm³/mol. The molecule has 3 aromatic rings. The Labute approximate surface area is 126 Å². The first-order valence-electron chi connectivity index (χ1n) is 7.46. The molecule has 4 rings (SSSR count). The molecule has 1 aliphatic heterocycles. The van der Waals surface area contributed by atoms with Crippen molar-refractivity contribution in [3.05, 3.63) is 47.0 Å². The van der Waals surface area contributed by atoms with Gasteiger partial charge in [-0.1, -0.05) is 0 Å². The van der Waals surface area contributed by atoms with Crippen LogP contribution in [-0.4, -0.2) is 26.4 Å². The molecule has 0 radical (unpaired) electrons. The summed E-state index contributed by atoms with van der Waals surface area (Å²) in [6, 6.07) is 5.16. The van der Waals surface area contributed by atoms with Crippen LogP contribution in [0, 0.1) is 0 Å². The SMILES string of the molecule is O=c1cc[nH]c2c(-c3ccnn3C3CCCCO3)nccc12. The quantitative estimate of drug-likeness (QED) is 0.788. The van der Waals surface area contributed by atoms with Gasteiger partial charge in [0.25, 0.3) is 0 Å². The summed E-state index contributed by atoms with van der Waals surface area (Å²) in [5, 5.41) is 5.03. The van der Waals surface area contributed by atoms with E-state index in [1.807, 2.05) is 10.7 Å². The van der Waals surface area contributed by atoms with Crippen LogP contribution in [0.2, 0.25) is 0 Å². The van der Waals surface area contributed by atoms with Crippen LogP contribution < -0.4 is 5.43 Å². The van der Waals surface area contributed by atoms with Crippen molar-refractivity contribution >= 4 is 10.9 Å². The Morgan fingerprint density at radius 2 is 2.18 bits per heavy atom. The number of aromatic amines is 1. The maximum Gasteiger partial charge on any atom is 0.189 e. The lowest BCUT2D eigenvalue weighted by Gasteiger charge is -2.24. The lowest BCUT2D eigenvalue weighted by Crippen LogP contribution is -2.20. The summed E-state index contributed by atoms with van der Waals surface area (Å²) in [5.74, 6) is 0. The molecule has 0 amide bonds. The second-order valence-corrected chi connectivity index (χ2v) is 5.41. The largest absolute Gasteiger partial charge is 0.359 e. The summed E-state index contributed by atoms with van der Waals surface area (Å²) < 4.78 is 7.69. The minimum absolute atomic E-state index is 0.0163. The normalized spacial score (nSPS) is 18.6. The molecule has 3 aromatic heterocycles.